The zero-order valence-corrected chi connectivity index (χ0v) is 26.2. The predicted octanol–water partition coefficient (Wildman–Crippen LogP) is 6.76. The lowest BCUT2D eigenvalue weighted by Gasteiger charge is -2.22. The van der Waals surface area contributed by atoms with Crippen LogP contribution in [-0.4, -0.2) is 47.5 Å². The Bertz CT molecular complexity index is 1780. The molecule has 0 saturated carbocycles. The van der Waals surface area contributed by atoms with Crippen LogP contribution in [0.25, 0.3) is 22.5 Å². The number of hydrogen-bond donors (Lipinski definition) is 2. The van der Waals surface area contributed by atoms with Gasteiger partial charge in [0.15, 0.2) is 0 Å². The second kappa shape index (κ2) is 13.5. The number of aliphatic carboxylic acids is 1. The summed E-state index contributed by atoms with van der Waals surface area (Å²) in [7, 11) is 1.82. The molecule has 232 valence electrons. The van der Waals surface area contributed by atoms with Gasteiger partial charge in [0.2, 0.25) is 5.91 Å². The van der Waals surface area contributed by atoms with Crippen molar-refractivity contribution in [1.29, 1.82) is 0 Å². The monoisotopic (exact) mass is 714 g/mol. The van der Waals surface area contributed by atoms with Crippen molar-refractivity contribution in [3.05, 3.63) is 79.6 Å². The molecule has 0 aliphatic carbocycles. The van der Waals surface area contributed by atoms with Gasteiger partial charge in [-0.05, 0) is 43.2 Å². The smallest absolute Gasteiger partial charge is 0.475 e. The lowest BCUT2D eigenvalue weighted by atomic mass is 9.97. The summed E-state index contributed by atoms with van der Waals surface area (Å²) in [4.78, 5) is 44.5. The van der Waals surface area contributed by atoms with Gasteiger partial charge in [-0.25, -0.2) is 9.78 Å². The Kier molecular flexibility index (Phi) is 10.2. The van der Waals surface area contributed by atoms with E-state index in [1.807, 2.05) is 26.1 Å². The molecule has 5 rings (SSSR count). The molecule has 16 heteroatoms. The van der Waals surface area contributed by atoms with Crippen LogP contribution in [0.1, 0.15) is 37.9 Å². The number of carboxylic acids is 1. The molecule has 2 bridgehead atoms. The maximum Gasteiger partial charge on any atom is 0.490 e. The molecule has 10 nitrogen and oxygen atoms in total. The van der Waals surface area contributed by atoms with E-state index in [0.717, 1.165) is 15.7 Å². The number of aromatic nitrogens is 5. The van der Waals surface area contributed by atoms with Crippen LogP contribution in [0.15, 0.2) is 58.3 Å². The summed E-state index contributed by atoms with van der Waals surface area (Å²) in [5, 5.41) is 15.0. The van der Waals surface area contributed by atoms with Crippen LogP contribution in [0, 0.1) is 5.92 Å². The molecule has 2 N–H and O–H groups in total. The summed E-state index contributed by atoms with van der Waals surface area (Å²) >= 11 is 16.3. The van der Waals surface area contributed by atoms with Crippen molar-refractivity contribution in [2.45, 2.75) is 38.4 Å². The van der Waals surface area contributed by atoms with E-state index in [9.17, 15) is 22.8 Å². The Balaban J connectivity index is 0.000000566. The van der Waals surface area contributed by atoms with Crippen LogP contribution in [0.3, 0.4) is 0 Å². The fourth-order valence-corrected chi connectivity index (χ4v) is 5.47. The minimum atomic E-state index is -5.08. The fourth-order valence-electron chi connectivity index (χ4n) is 4.62. The Morgan fingerprint density at radius 1 is 1.14 bits per heavy atom. The van der Waals surface area contributed by atoms with Gasteiger partial charge in [0.25, 0.3) is 5.56 Å². The molecular weight excluding hydrogens is 692 g/mol. The molecule has 0 spiro atoms. The van der Waals surface area contributed by atoms with E-state index in [4.69, 9.17) is 33.1 Å². The first kappa shape index (κ1) is 33.1. The topological polar surface area (TPSA) is 132 Å². The van der Waals surface area contributed by atoms with Crippen molar-refractivity contribution in [2.24, 2.45) is 13.0 Å². The Morgan fingerprint density at radius 3 is 2.52 bits per heavy atom. The number of amides is 1. The Hall–Kier alpha value is -3.75. The first-order chi connectivity index (χ1) is 20.7. The summed E-state index contributed by atoms with van der Waals surface area (Å²) in [6.07, 6.45) is 1.67. The van der Waals surface area contributed by atoms with E-state index < -0.39 is 18.2 Å². The minimum Gasteiger partial charge on any atom is -0.475 e. The molecule has 4 aromatic rings. The van der Waals surface area contributed by atoms with Crippen LogP contribution < -0.4 is 10.9 Å². The van der Waals surface area contributed by atoms with Crippen molar-refractivity contribution in [3.8, 4) is 22.5 Å². The van der Waals surface area contributed by atoms with Gasteiger partial charge in [0.05, 0.1) is 41.3 Å². The van der Waals surface area contributed by atoms with Crippen LogP contribution in [0.2, 0.25) is 10.0 Å². The maximum absolute atomic E-state index is 13.6. The largest absolute Gasteiger partial charge is 0.490 e. The van der Waals surface area contributed by atoms with Gasteiger partial charge in [0, 0.05) is 39.8 Å². The summed E-state index contributed by atoms with van der Waals surface area (Å²) in [5.74, 6) is -3.05. The number of benzene rings is 1. The van der Waals surface area contributed by atoms with Crippen molar-refractivity contribution in [2.75, 3.05) is 5.32 Å². The predicted molar refractivity (Wildman–Crippen MR) is 162 cm³/mol. The molecule has 1 aliphatic rings. The number of anilines is 1. The average molecular weight is 716 g/mol. The number of carbonyl (C=O) groups excluding carboxylic acids is 1. The number of alkyl halides is 3. The number of halogens is 6. The number of pyridine rings is 1. The summed E-state index contributed by atoms with van der Waals surface area (Å²) < 4.78 is 35.7. The van der Waals surface area contributed by atoms with E-state index in [1.54, 1.807) is 35.3 Å². The van der Waals surface area contributed by atoms with Gasteiger partial charge in [-0.3, -0.25) is 23.8 Å². The highest BCUT2D eigenvalue weighted by molar-refractivity contribution is 9.10. The van der Waals surface area contributed by atoms with Gasteiger partial charge < -0.3 is 10.4 Å². The highest BCUT2D eigenvalue weighted by atomic mass is 79.9. The van der Waals surface area contributed by atoms with E-state index in [1.165, 1.54) is 10.9 Å². The molecule has 1 aromatic carbocycles. The molecule has 1 aliphatic heterocycles. The highest BCUT2D eigenvalue weighted by Crippen LogP contribution is 2.35. The zero-order valence-electron chi connectivity index (χ0n) is 23.1. The van der Waals surface area contributed by atoms with E-state index >= 15 is 0 Å². The van der Waals surface area contributed by atoms with E-state index in [2.05, 4.69) is 36.3 Å². The zero-order chi connectivity index (χ0) is 32.3. The number of hydrogen-bond acceptors (Lipinski definition) is 6. The molecule has 0 radical (unpaired) electrons. The Labute approximate surface area is 267 Å². The molecule has 3 aromatic heterocycles. The van der Waals surface area contributed by atoms with Crippen LogP contribution >= 0.6 is 39.1 Å². The molecule has 0 unspecified atom stereocenters. The lowest BCUT2D eigenvalue weighted by molar-refractivity contribution is -0.192. The SMILES string of the molecule is C[C@@H]1CCC[C@H](n2cnc(-c3cc(Cl)ccc3Br)c(Cl)c2=O)c2cc(ccn2)-c2c(cnn2C)NC1=O.O=C(O)C(F)(F)F. The second-order valence-electron chi connectivity index (χ2n) is 9.88. The third-order valence-corrected chi connectivity index (χ3v) is 8.13. The summed E-state index contributed by atoms with van der Waals surface area (Å²) in [6.45, 7) is 1.89. The lowest BCUT2D eigenvalue weighted by Crippen LogP contribution is -2.28. The number of rotatable bonds is 2. The highest BCUT2D eigenvalue weighted by Gasteiger charge is 2.38. The first-order valence-electron chi connectivity index (χ1n) is 13.0. The van der Waals surface area contributed by atoms with Crippen molar-refractivity contribution < 1.29 is 27.9 Å². The molecule has 0 fully saturated rings. The van der Waals surface area contributed by atoms with E-state index in [0.29, 0.717) is 46.9 Å². The van der Waals surface area contributed by atoms with Crippen LogP contribution in [0.5, 0.6) is 0 Å². The van der Waals surface area contributed by atoms with Gasteiger partial charge >= 0.3 is 12.1 Å². The van der Waals surface area contributed by atoms with Gasteiger partial charge in [-0.1, -0.05) is 52.5 Å². The van der Waals surface area contributed by atoms with Crippen LogP contribution in [0.4, 0.5) is 18.9 Å². The quantitative estimate of drug-likeness (QED) is 0.235. The average Bonchev–Trinajstić information content (AvgIpc) is 3.33. The third-order valence-electron chi connectivity index (χ3n) is 6.86. The van der Waals surface area contributed by atoms with Crippen molar-refractivity contribution in [1.82, 2.24) is 24.3 Å². The fraction of sp³-hybridized carbons (Fsp3) is 0.286. The molecule has 2 atom stereocenters. The number of carboxylic acid groups (broad SMARTS) is 1. The number of carbonyl (C=O) groups is 2. The summed E-state index contributed by atoms with van der Waals surface area (Å²) in [6, 6.07) is 8.58. The minimum absolute atomic E-state index is 0.00518. The third kappa shape index (κ3) is 7.30. The molecule has 1 amide bonds. The normalized spacial score (nSPS) is 16.9. The van der Waals surface area contributed by atoms with Gasteiger partial charge in [0.1, 0.15) is 5.02 Å². The first-order valence-corrected chi connectivity index (χ1v) is 14.5. The second-order valence-corrected chi connectivity index (χ2v) is 11.6. The molecule has 44 heavy (non-hydrogen) atoms. The number of aryl methyl sites for hydroxylation is 1. The number of nitrogens with zero attached hydrogens (tertiary/aromatic N) is 5. The molecule has 4 heterocycles. The van der Waals surface area contributed by atoms with Crippen molar-refractivity contribution in [3.63, 3.8) is 0 Å². The van der Waals surface area contributed by atoms with Crippen molar-refractivity contribution >= 4 is 56.7 Å². The Morgan fingerprint density at radius 2 is 1.84 bits per heavy atom. The molecule has 0 saturated heterocycles. The van der Waals surface area contributed by atoms with Crippen LogP contribution in [-0.2, 0) is 16.6 Å². The van der Waals surface area contributed by atoms with E-state index in [-0.39, 0.29) is 22.4 Å². The summed E-state index contributed by atoms with van der Waals surface area (Å²) in [5.41, 5.74) is 3.50. The standard InChI is InChI=1S/C26H23BrCl2N6O2.C2HF3O2/c1-14-4-3-5-21(19-10-15(8-9-30-19)24-20(33-25(14)36)12-32-34(24)2)35-13-31-23(22(29)26(35)37)17-11-16(28)6-7-18(17)27;3-2(4,5)1(6)7/h6-14,21H,3-5H2,1-2H3,(H,33,36);(H,6,7)/t14-,21+;/m1./s1. The van der Waals surface area contributed by atoms with Gasteiger partial charge in [-0.15, -0.1) is 0 Å². The van der Waals surface area contributed by atoms with Gasteiger partial charge in [-0.2, -0.15) is 18.3 Å². The number of fused-ring (bicyclic) bond motifs is 4. The maximum atomic E-state index is 13.6. The molecular formula is C28H24BrCl2F3N6O4. The number of nitrogens with one attached hydrogen (secondary N) is 1.